The molecule has 0 aromatic heterocycles. The third-order valence-corrected chi connectivity index (χ3v) is 4.52. The Morgan fingerprint density at radius 2 is 1.88 bits per heavy atom. The van der Waals surface area contributed by atoms with Crippen LogP contribution in [-0.2, 0) is 31.0 Å². The molecule has 0 aliphatic heterocycles. The van der Waals surface area contributed by atoms with Crippen LogP contribution >= 0.6 is 0 Å². The lowest BCUT2D eigenvalue weighted by molar-refractivity contribution is -0.145. The van der Waals surface area contributed by atoms with Gasteiger partial charge < -0.3 is 19.5 Å². The molecule has 25 heavy (non-hydrogen) atoms. The number of carbonyl (C=O) groups is 2. The smallest absolute Gasteiger partial charge is 0.308 e. The molecule has 0 spiro atoms. The summed E-state index contributed by atoms with van der Waals surface area (Å²) < 4.78 is 15.6. The van der Waals surface area contributed by atoms with E-state index in [1.807, 2.05) is 18.2 Å². The first-order chi connectivity index (χ1) is 12.1. The topological polar surface area (TPSA) is 73.9 Å². The van der Waals surface area contributed by atoms with E-state index in [0.717, 1.165) is 29.7 Å². The van der Waals surface area contributed by atoms with Gasteiger partial charge in [0.2, 0.25) is 0 Å². The number of benzene rings is 1. The lowest BCUT2D eigenvalue weighted by Gasteiger charge is -2.31. The van der Waals surface area contributed by atoms with Crippen LogP contribution < -0.4 is 10.1 Å². The minimum absolute atomic E-state index is 0.226. The Labute approximate surface area is 148 Å². The van der Waals surface area contributed by atoms with E-state index in [-0.39, 0.29) is 24.8 Å². The Bertz CT molecular complexity index is 616. The molecule has 2 rings (SSSR count). The average molecular weight is 349 g/mol. The molecule has 1 N–H and O–H groups in total. The van der Waals surface area contributed by atoms with Gasteiger partial charge in [-0.25, -0.2) is 0 Å². The van der Waals surface area contributed by atoms with E-state index in [2.05, 4.69) is 5.32 Å². The molecule has 0 bridgehead atoms. The van der Waals surface area contributed by atoms with Crippen LogP contribution in [0.25, 0.3) is 0 Å². The van der Waals surface area contributed by atoms with Crippen molar-refractivity contribution in [2.24, 2.45) is 0 Å². The fourth-order valence-corrected chi connectivity index (χ4v) is 3.46. The van der Waals surface area contributed by atoms with E-state index in [9.17, 15) is 9.59 Å². The molecule has 6 nitrogen and oxygen atoms in total. The van der Waals surface area contributed by atoms with Crippen molar-refractivity contribution >= 4 is 11.9 Å². The van der Waals surface area contributed by atoms with Crippen molar-refractivity contribution in [1.29, 1.82) is 0 Å². The fraction of sp³-hybridized carbons (Fsp3) is 0.579. The van der Waals surface area contributed by atoms with E-state index in [4.69, 9.17) is 14.2 Å². The highest BCUT2D eigenvalue weighted by Crippen LogP contribution is 2.43. The maximum atomic E-state index is 12.2. The monoisotopic (exact) mass is 349 g/mol. The van der Waals surface area contributed by atoms with E-state index < -0.39 is 5.54 Å². The molecule has 0 amide bonds. The molecule has 0 saturated carbocycles. The second-order valence-corrected chi connectivity index (χ2v) is 6.03. The molecule has 1 aromatic carbocycles. The van der Waals surface area contributed by atoms with Gasteiger partial charge in [0.1, 0.15) is 5.75 Å². The summed E-state index contributed by atoms with van der Waals surface area (Å²) in [5.41, 5.74) is 1.62. The lowest BCUT2D eigenvalue weighted by Crippen LogP contribution is -2.43. The number of hydrogen-bond donors (Lipinski definition) is 1. The van der Waals surface area contributed by atoms with E-state index in [1.165, 1.54) is 0 Å². The van der Waals surface area contributed by atoms with Gasteiger partial charge in [-0.2, -0.15) is 0 Å². The molecule has 0 fully saturated rings. The SMILES string of the molecule is CCOC(=O)CCNC1(CC(=O)OCC)CCc2c(OC)cccc21. The first-order valence-corrected chi connectivity index (χ1v) is 8.79. The summed E-state index contributed by atoms with van der Waals surface area (Å²) in [6.45, 7) is 4.74. The van der Waals surface area contributed by atoms with Gasteiger partial charge in [-0.15, -0.1) is 0 Å². The zero-order valence-corrected chi connectivity index (χ0v) is 15.2. The van der Waals surface area contributed by atoms with Crippen molar-refractivity contribution in [3.63, 3.8) is 0 Å². The Balaban J connectivity index is 2.21. The Morgan fingerprint density at radius 1 is 1.16 bits per heavy atom. The number of rotatable bonds is 9. The Morgan fingerprint density at radius 3 is 2.56 bits per heavy atom. The molecule has 0 saturated heterocycles. The summed E-state index contributed by atoms with van der Waals surface area (Å²) >= 11 is 0. The van der Waals surface area contributed by atoms with Gasteiger partial charge in [0.25, 0.3) is 0 Å². The van der Waals surface area contributed by atoms with Crippen LogP contribution in [0.2, 0.25) is 0 Å². The van der Waals surface area contributed by atoms with Gasteiger partial charge in [-0.1, -0.05) is 12.1 Å². The van der Waals surface area contributed by atoms with Crippen molar-refractivity contribution in [3.05, 3.63) is 29.3 Å². The predicted octanol–water partition coefficient (Wildman–Crippen LogP) is 2.33. The molecule has 1 aliphatic rings. The van der Waals surface area contributed by atoms with Crippen LogP contribution in [0.15, 0.2) is 18.2 Å². The maximum absolute atomic E-state index is 12.2. The van der Waals surface area contributed by atoms with Crippen LogP contribution in [0.5, 0.6) is 5.75 Å². The Hall–Kier alpha value is -2.08. The minimum atomic E-state index is -0.539. The second kappa shape index (κ2) is 8.85. The molecule has 138 valence electrons. The maximum Gasteiger partial charge on any atom is 0.308 e. The Kier molecular flexibility index (Phi) is 6.82. The van der Waals surface area contributed by atoms with Gasteiger partial charge in [0.15, 0.2) is 0 Å². The number of methoxy groups -OCH3 is 1. The van der Waals surface area contributed by atoms with Crippen LogP contribution in [0.3, 0.4) is 0 Å². The van der Waals surface area contributed by atoms with Gasteiger partial charge in [-0.05, 0) is 43.9 Å². The number of esters is 2. The van der Waals surface area contributed by atoms with Crippen molar-refractivity contribution in [1.82, 2.24) is 5.32 Å². The molecular weight excluding hydrogens is 322 g/mol. The normalized spacial score (nSPS) is 18.5. The molecular formula is C19H27NO5. The standard InChI is InChI=1S/C19H27NO5/c1-4-24-17(21)10-12-20-19(13-18(22)25-5-2)11-9-14-15(19)7-6-8-16(14)23-3/h6-8,20H,4-5,9-13H2,1-3H3. The highest BCUT2D eigenvalue weighted by molar-refractivity contribution is 5.72. The quantitative estimate of drug-likeness (QED) is 0.690. The lowest BCUT2D eigenvalue weighted by atomic mass is 9.87. The highest BCUT2D eigenvalue weighted by atomic mass is 16.5. The first kappa shape index (κ1) is 19.2. The number of nitrogens with one attached hydrogen (secondary N) is 1. The predicted molar refractivity (Wildman–Crippen MR) is 93.5 cm³/mol. The molecule has 1 unspecified atom stereocenters. The van der Waals surface area contributed by atoms with Crippen LogP contribution in [0.1, 0.15) is 44.2 Å². The minimum Gasteiger partial charge on any atom is -0.496 e. The molecule has 1 aliphatic carbocycles. The zero-order valence-electron chi connectivity index (χ0n) is 15.2. The number of hydrogen-bond acceptors (Lipinski definition) is 6. The van der Waals surface area contributed by atoms with Crippen LogP contribution in [0, 0.1) is 0 Å². The van der Waals surface area contributed by atoms with E-state index in [1.54, 1.807) is 21.0 Å². The fourth-order valence-electron chi connectivity index (χ4n) is 3.46. The highest BCUT2D eigenvalue weighted by Gasteiger charge is 2.41. The van der Waals surface area contributed by atoms with Crippen molar-refractivity contribution < 1.29 is 23.8 Å². The molecule has 0 radical (unpaired) electrons. The zero-order chi connectivity index (χ0) is 18.3. The molecule has 0 heterocycles. The van der Waals surface area contributed by atoms with Crippen LogP contribution in [0.4, 0.5) is 0 Å². The van der Waals surface area contributed by atoms with Crippen molar-refractivity contribution in [3.8, 4) is 5.75 Å². The average Bonchev–Trinajstić information content (AvgIpc) is 2.94. The third-order valence-electron chi connectivity index (χ3n) is 4.52. The summed E-state index contributed by atoms with van der Waals surface area (Å²) in [5, 5.41) is 3.42. The van der Waals surface area contributed by atoms with Gasteiger partial charge >= 0.3 is 11.9 Å². The van der Waals surface area contributed by atoms with Crippen molar-refractivity contribution in [2.45, 2.75) is 45.1 Å². The summed E-state index contributed by atoms with van der Waals surface area (Å²) in [5.74, 6) is 0.336. The van der Waals surface area contributed by atoms with Gasteiger partial charge in [0.05, 0.1) is 38.7 Å². The number of ether oxygens (including phenoxy) is 3. The largest absolute Gasteiger partial charge is 0.496 e. The number of carbonyl (C=O) groups excluding carboxylic acids is 2. The molecule has 1 atom stereocenters. The third kappa shape index (κ3) is 4.51. The first-order valence-electron chi connectivity index (χ1n) is 8.79. The van der Waals surface area contributed by atoms with Gasteiger partial charge in [-0.3, -0.25) is 9.59 Å². The summed E-state index contributed by atoms with van der Waals surface area (Å²) in [6.07, 6.45) is 2.05. The molecule has 1 aromatic rings. The summed E-state index contributed by atoms with van der Waals surface area (Å²) in [4.78, 5) is 23.8. The van der Waals surface area contributed by atoms with E-state index in [0.29, 0.717) is 19.8 Å². The van der Waals surface area contributed by atoms with E-state index >= 15 is 0 Å². The summed E-state index contributed by atoms with van der Waals surface area (Å²) in [6, 6.07) is 5.87. The van der Waals surface area contributed by atoms with Crippen molar-refractivity contribution in [2.75, 3.05) is 26.9 Å². The summed E-state index contributed by atoms with van der Waals surface area (Å²) in [7, 11) is 1.65. The van der Waals surface area contributed by atoms with Crippen LogP contribution in [-0.4, -0.2) is 38.8 Å². The second-order valence-electron chi connectivity index (χ2n) is 6.03. The molecule has 6 heteroatoms. The van der Waals surface area contributed by atoms with Gasteiger partial charge in [0, 0.05) is 6.54 Å². The number of fused-ring (bicyclic) bond motifs is 1.